The number of benzene rings is 3. The van der Waals surface area contributed by atoms with Gasteiger partial charge in [-0.25, -0.2) is 27.5 Å². The van der Waals surface area contributed by atoms with Gasteiger partial charge in [0.25, 0.3) is 6.43 Å². The summed E-state index contributed by atoms with van der Waals surface area (Å²) in [6.45, 7) is 7.62. The zero-order valence-corrected chi connectivity index (χ0v) is 29.7. The van der Waals surface area contributed by atoms with Crippen LogP contribution >= 0.6 is 0 Å². The second-order valence-corrected chi connectivity index (χ2v) is 14.1. The minimum Gasteiger partial charge on any atom is -0.363 e. The van der Waals surface area contributed by atoms with Gasteiger partial charge in [-0.15, -0.1) is 0 Å². The third-order valence-electron chi connectivity index (χ3n) is 10.5. The molecule has 3 aromatic carbocycles. The van der Waals surface area contributed by atoms with Crippen molar-refractivity contribution >= 4 is 28.5 Å². The van der Waals surface area contributed by atoms with Gasteiger partial charge in [0.05, 0.1) is 34.9 Å². The van der Waals surface area contributed by atoms with Gasteiger partial charge < -0.3 is 5.32 Å². The summed E-state index contributed by atoms with van der Waals surface area (Å²) in [6, 6.07) is 17.0. The van der Waals surface area contributed by atoms with Crippen LogP contribution in [0.5, 0.6) is 0 Å². The number of carbonyl (C=O) groups excluding carboxylic acids is 2. The molecule has 2 N–H and O–H groups in total. The molecule has 4 heterocycles. The first-order chi connectivity index (χ1) is 25.5. The van der Waals surface area contributed by atoms with Crippen LogP contribution in [-0.2, 0) is 16.1 Å². The molecule has 2 saturated heterocycles. The Bertz CT molecular complexity index is 2200. The maximum atomic E-state index is 15.6. The topological polar surface area (TPSA) is 100 Å². The smallest absolute Gasteiger partial charge is 0.266 e. The molecule has 12 heteroatoms. The largest absolute Gasteiger partial charge is 0.363 e. The number of hydrogen-bond acceptors (Lipinski definition) is 7. The highest BCUT2D eigenvalue weighted by molar-refractivity contribution is 6.01. The first-order valence-electron chi connectivity index (χ1n) is 17.9. The number of likely N-dealkylation sites (tertiary alicyclic amines) is 1. The summed E-state index contributed by atoms with van der Waals surface area (Å²) < 4.78 is 57.4. The van der Waals surface area contributed by atoms with E-state index in [9.17, 15) is 22.8 Å². The molecular formula is C41H40F4N6O2. The summed E-state index contributed by atoms with van der Waals surface area (Å²) in [6.07, 6.45) is 1.01. The fraction of sp³-hybridized carbons (Fsp3) is 0.341. The second kappa shape index (κ2) is 15.0. The van der Waals surface area contributed by atoms with Gasteiger partial charge in [0.2, 0.25) is 11.8 Å². The molecule has 53 heavy (non-hydrogen) atoms. The number of aryl methyl sites for hydroxylation is 1. The Labute approximate surface area is 305 Å². The average molecular weight is 725 g/mol. The molecular weight excluding hydrogens is 684 g/mol. The molecule has 0 aliphatic carbocycles. The third-order valence-corrected chi connectivity index (χ3v) is 10.5. The van der Waals surface area contributed by atoms with Crippen molar-refractivity contribution in [2.75, 3.05) is 18.4 Å². The van der Waals surface area contributed by atoms with Crippen LogP contribution in [0.1, 0.15) is 96.1 Å². The number of halogens is 4. The van der Waals surface area contributed by atoms with Crippen LogP contribution in [0.25, 0.3) is 22.2 Å². The number of amides is 2. The quantitative estimate of drug-likeness (QED) is 0.116. The van der Waals surface area contributed by atoms with Gasteiger partial charge in [-0.1, -0.05) is 48.5 Å². The number of imide groups is 1. The predicted molar refractivity (Wildman–Crippen MR) is 194 cm³/mol. The van der Waals surface area contributed by atoms with Crippen LogP contribution in [0.3, 0.4) is 0 Å². The van der Waals surface area contributed by atoms with Gasteiger partial charge in [-0.3, -0.25) is 24.8 Å². The minimum atomic E-state index is -2.92. The number of pyridine rings is 1. The average Bonchev–Trinajstić information content (AvgIpc) is 3.13. The molecule has 0 radical (unpaired) electrons. The lowest BCUT2D eigenvalue weighted by molar-refractivity contribution is -0.134. The van der Waals surface area contributed by atoms with Crippen LogP contribution in [0, 0.1) is 25.5 Å². The molecule has 7 rings (SSSR count). The highest BCUT2D eigenvalue weighted by atomic mass is 19.3. The van der Waals surface area contributed by atoms with E-state index in [0.717, 1.165) is 55.2 Å². The monoisotopic (exact) mass is 724 g/mol. The fourth-order valence-electron chi connectivity index (χ4n) is 7.68. The second-order valence-electron chi connectivity index (χ2n) is 14.1. The van der Waals surface area contributed by atoms with Crippen molar-refractivity contribution in [1.29, 1.82) is 0 Å². The number of nitrogens with one attached hydrogen (secondary N) is 2. The van der Waals surface area contributed by atoms with Gasteiger partial charge in [0.1, 0.15) is 23.3 Å². The van der Waals surface area contributed by atoms with E-state index in [1.165, 1.54) is 12.1 Å². The summed E-state index contributed by atoms with van der Waals surface area (Å²) in [4.78, 5) is 40.2. The number of nitrogens with zero attached hydrogens (tertiary/aromatic N) is 4. The van der Waals surface area contributed by atoms with Crippen LogP contribution in [0.2, 0.25) is 0 Å². The van der Waals surface area contributed by atoms with Gasteiger partial charge in [-0.2, -0.15) is 0 Å². The van der Waals surface area contributed by atoms with Crippen molar-refractivity contribution in [2.24, 2.45) is 0 Å². The number of piperidine rings is 2. The van der Waals surface area contributed by atoms with E-state index in [0.29, 0.717) is 45.8 Å². The Morgan fingerprint density at radius 1 is 0.906 bits per heavy atom. The van der Waals surface area contributed by atoms with E-state index in [-0.39, 0.29) is 29.6 Å². The summed E-state index contributed by atoms with van der Waals surface area (Å²) >= 11 is 0. The summed E-state index contributed by atoms with van der Waals surface area (Å²) in [7, 11) is 0. The van der Waals surface area contributed by atoms with E-state index in [1.807, 2.05) is 24.3 Å². The van der Waals surface area contributed by atoms with Crippen molar-refractivity contribution in [3.63, 3.8) is 0 Å². The van der Waals surface area contributed by atoms with Crippen LogP contribution in [0.15, 0.2) is 66.9 Å². The number of rotatable bonds is 9. The van der Waals surface area contributed by atoms with Crippen LogP contribution in [-0.4, -0.2) is 44.8 Å². The molecule has 2 atom stereocenters. The summed E-state index contributed by atoms with van der Waals surface area (Å²) in [5.74, 6) is -1.57. The maximum Gasteiger partial charge on any atom is 0.266 e. The van der Waals surface area contributed by atoms with Crippen molar-refractivity contribution in [3.8, 4) is 11.3 Å². The predicted octanol–water partition coefficient (Wildman–Crippen LogP) is 8.60. The molecule has 0 spiro atoms. The van der Waals surface area contributed by atoms with Crippen molar-refractivity contribution in [2.45, 2.75) is 77.3 Å². The summed E-state index contributed by atoms with van der Waals surface area (Å²) in [5, 5.41) is 6.21. The maximum absolute atomic E-state index is 15.6. The molecule has 5 aromatic rings. The first kappa shape index (κ1) is 36.1. The van der Waals surface area contributed by atoms with Gasteiger partial charge in [0, 0.05) is 35.0 Å². The van der Waals surface area contributed by atoms with E-state index in [2.05, 4.69) is 42.6 Å². The van der Waals surface area contributed by atoms with Crippen LogP contribution in [0.4, 0.5) is 23.4 Å². The van der Waals surface area contributed by atoms with Crippen molar-refractivity contribution in [3.05, 3.63) is 118 Å². The molecule has 2 aromatic heterocycles. The van der Waals surface area contributed by atoms with E-state index >= 15 is 4.39 Å². The number of hydrogen-bond donors (Lipinski definition) is 2. The Hall–Kier alpha value is -5.23. The van der Waals surface area contributed by atoms with E-state index in [1.54, 1.807) is 33.0 Å². The molecule has 2 aliphatic heterocycles. The van der Waals surface area contributed by atoms with E-state index < -0.39 is 35.7 Å². The zero-order chi connectivity index (χ0) is 37.4. The Morgan fingerprint density at radius 3 is 2.40 bits per heavy atom. The lowest BCUT2D eigenvalue weighted by Crippen LogP contribution is -2.39. The minimum absolute atomic E-state index is 0.114. The molecule has 2 amide bonds. The number of anilines is 1. The van der Waals surface area contributed by atoms with Gasteiger partial charge in [0.15, 0.2) is 0 Å². The molecule has 2 fully saturated rings. The zero-order valence-electron chi connectivity index (χ0n) is 29.7. The SMILES string of the molecule is Cc1nc(NC(C)c2cccc(C(F)F)c2F)c2cc(-c3cccc(CN4CCC(c5ccc(C6CCC(=O)NC6=O)c(F)c5C)CC4)c3)ncc2n1. The van der Waals surface area contributed by atoms with Gasteiger partial charge >= 0.3 is 0 Å². The summed E-state index contributed by atoms with van der Waals surface area (Å²) in [5.41, 5.74) is 4.68. The Kier molecular flexibility index (Phi) is 10.2. The normalized spacial score (nSPS) is 17.7. The molecule has 0 saturated carbocycles. The Balaban J connectivity index is 1.04. The lowest BCUT2D eigenvalue weighted by atomic mass is 9.83. The molecule has 8 nitrogen and oxygen atoms in total. The lowest BCUT2D eigenvalue weighted by Gasteiger charge is -2.33. The number of alkyl halides is 2. The molecule has 2 unspecified atom stereocenters. The van der Waals surface area contributed by atoms with Crippen LogP contribution < -0.4 is 10.6 Å². The number of aromatic nitrogens is 3. The van der Waals surface area contributed by atoms with Gasteiger partial charge in [-0.05, 0) is 87.9 Å². The van der Waals surface area contributed by atoms with E-state index in [4.69, 9.17) is 0 Å². The highest BCUT2D eigenvalue weighted by Gasteiger charge is 2.32. The number of fused-ring (bicyclic) bond motifs is 1. The molecule has 274 valence electrons. The Morgan fingerprint density at radius 2 is 1.64 bits per heavy atom. The fourth-order valence-corrected chi connectivity index (χ4v) is 7.68. The molecule has 2 aliphatic rings. The standard InChI is InChI=1S/C41H40F4N6O2/c1-22-28(10-11-30(37(22)42)31-12-13-36(52)50-41(31)53)26-14-16-51(17-15-26)21-25-6-4-7-27(18-25)34-19-33-35(20-46-34)48-24(3)49-40(33)47-23(2)29-8-5-9-32(38(29)43)39(44)45/h4-11,18-20,23,26,31,39H,12-17,21H2,1-3H3,(H,47,48,49)(H,50,52,53). The third kappa shape index (κ3) is 7.50. The first-order valence-corrected chi connectivity index (χ1v) is 17.9. The van der Waals surface area contributed by atoms with Crippen molar-refractivity contribution < 1.29 is 27.2 Å². The molecule has 0 bridgehead atoms. The van der Waals surface area contributed by atoms with Crippen molar-refractivity contribution in [1.82, 2.24) is 25.2 Å². The number of carbonyl (C=O) groups is 2. The highest BCUT2D eigenvalue weighted by Crippen LogP contribution is 2.37.